The summed E-state index contributed by atoms with van der Waals surface area (Å²) in [5.41, 5.74) is 5.84. The first kappa shape index (κ1) is 15.0. The van der Waals surface area contributed by atoms with Crippen LogP contribution in [0.15, 0.2) is 0 Å². The highest BCUT2D eigenvalue weighted by Crippen LogP contribution is 2.18. The zero-order valence-electron chi connectivity index (χ0n) is 11.9. The van der Waals surface area contributed by atoms with Crippen LogP contribution in [0.3, 0.4) is 0 Å². The highest BCUT2D eigenvalue weighted by atomic mass is 14.9. The van der Waals surface area contributed by atoms with Gasteiger partial charge in [0.1, 0.15) is 0 Å². The third-order valence-corrected chi connectivity index (χ3v) is 3.98. The fraction of sp³-hybridized carbons (Fsp3) is 1.00. The third-order valence-electron chi connectivity index (χ3n) is 3.98. The van der Waals surface area contributed by atoms with E-state index in [1.165, 1.54) is 57.9 Å². The van der Waals surface area contributed by atoms with E-state index in [0.717, 1.165) is 18.5 Å². The first-order valence-corrected chi connectivity index (χ1v) is 7.65. The lowest BCUT2D eigenvalue weighted by Crippen LogP contribution is -2.31. The van der Waals surface area contributed by atoms with Crippen molar-refractivity contribution >= 4 is 0 Å². The van der Waals surface area contributed by atoms with Gasteiger partial charge in [0.25, 0.3) is 0 Å². The Morgan fingerprint density at radius 2 is 1.76 bits per heavy atom. The minimum absolute atomic E-state index is 0.716. The van der Waals surface area contributed by atoms with Crippen molar-refractivity contribution in [3.63, 3.8) is 0 Å². The molecule has 2 nitrogen and oxygen atoms in total. The first-order valence-electron chi connectivity index (χ1n) is 7.65. The predicted octanol–water partition coefficient (Wildman–Crippen LogP) is 3.31. The largest absolute Gasteiger partial charge is 0.330 e. The lowest BCUT2D eigenvalue weighted by Gasteiger charge is -2.20. The van der Waals surface area contributed by atoms with Gasteiger partial charge in [-0.3, -0.25) is 0 Å². The molecular weight excluding hydrogens is 208 g/mol. The Morgan fingerprint density at radius 3 is 2.29 bits per heavy atom. The molecule has 0 aromatic carbocycles. The molecule has 1 aliphatic rings. The number of hydrogen-bond donors (Lipinski definition) is 2. The number of rotatable bonds is 7. The molecule has 0 aromatic rings. The van der Waals surface area contributed by atoms with Crippen LogP contribution in [-0.4, -0.2) is 19.1 Å². The van der Waals surface area contributed by atoms with E-state index in [2.05, 4.69) is 19.2 Å². The van der Waals surface area contributed by atoms with Crippen LogP contribution in [0.25, 0.3) is 0 Å². The molecule has 0 aromatic heterocycles. The lowest BCUT2D eigenvalue weighted by atomic mass is 9.94. The highest BCUT2D eigenvalue weighted by molar-refractivity contribution is 4.72. The summed E-state index contributed by atoms with van der Waals surface area (Å²) in [6, 6.07) is 0.787. The topological polar surface area (TPSA) is 38.0 Å². The second kappa shape index (κ2) is 8.93. The van der Waals surface area contributed by atoms with Crippen molar-refractivity contribution in [3.05, 3.63) is 0 Å². The van der Waals surface area contributed by atoms with Crippen LogP contribution in [0, 0.1) is 11.8 Å². The van der Waals surface area contributed by atoms with Crippen molar-refractivity contribution in [1.29, 1.82) is 0 Å². The summed E-state index contributed by atoms with van der Waals surface area (Å²) in [6.45, 7) is 6.60. The molecule has 3 N–H and O–H groups in total. The molecule has 0 bridgehead atoms. The van der Waals surface area contributed by atoms with Crippen LogP contribution in [0.5, 0.6) is 0 Å². The Morgan fingerprint density at radius 1 is 1.12 bits per heavy atom. The van der Waals surface area contributed by atoms with E-state index >= 15 is 0 Å². The minimum Gasteiger partial charge on any atom is -0.330 e. The maximum Gasteiger partial charge on any atom is 0.00670 e. The molecule has 1 fully saturated rings. The molecule has 0 spiro atoms. The number of nitrogens with two attached hydrogens (primary N) is 1. The summed E-state index contributed by atoms with van der Waals surface area (Å²) in [5, 5.41) is 3.74. The fourth-order valence-electron chi connectivity index (χ4n) is 2.97. The maximum atomic E-state index is 5.84. The Labute approximate surface area is 108 Å². The molecule has 17 heavy (non-hydrogen) atoms. The van der Waals surface area contributed by atoms with Gasteiger partial charge in [-0.1, -0.05) is 39.5 Å². The molecule has 1 unspecified atom stereocenters. The predicted molar refractivity (Wildman–Crippen MR) is 76.1 cm³/mol. The molecule has 102 valence electrons. The van der Waals surface area contributed by atoms with Gasteiger partial charge in [0.15, 0.2) is 0 Å². The monoisotopic (exact) mass is 240 g/mol. The summed E-state index contributed by atoms with van der Waals surface area (Å²) in [6.07, 6.45) is 11.0. The minimum atomic E-state index is 0.716. The van der Waals surface area contributed by atoms with Crippen LogP contribution in [-0.2, 0) is 0 Å². The summed E-state index contributed by atoms with van der Waals surface area (Å²) >= 11 is 0. The summed E-state index contributed by atoms with van der Waals surface area (Å²) in [7, 11) is 0. The van der Waals surface area contributed by atoms with E-state index in [-0.39, 0.29) is 0 Å². The molecule has 1 atom stereocenters. The number of nitrogens with one attached hydrogen (secondary N) is 1. The van der Waals surface area contributed by atoms with Crippen LogP contribution >= 0.6 is 0 Å². The van der Waals surface area contributed by atoms with E-state index < -0.39 is 0 Å². The smallest absolute Gasteiger partial charge is 0.00670 e. The molecule has 2 heteroatoms. The molecule has 0 saturated heterocycles. The van der Waals surface area contributed by atoms with E-state index in [4.69, 9.17) is 5.73 Å². The maximum absolute atomic E-state index is 5.84. The molecule has 1 saturated carbocycles. The van der Waals surface area contributed by atoms with Crippen molar-refractivity contribution < 1.29 is 0 Å². The molecule has 1 rings (SSSR count). The zero-order chi connectivity index (χ0) is 12.5. The van der Waals surface area contributed by atoms with Gasteiger partial charge in [-0.2, -0.15) is 0 Å². The van der Waals surface area contributed by atoms with Crippen molar-refractivity contribution in [3.8, 4) is 0 Å². The number of hydrogen-bond acceptors (Lipinski definition) is 2. The molecule has 0 heterocycles. The van der Waals surface area contributed by atoms with Crippen molar-refractivity contribution in [1.82, 2.24) is 5.32 Å². The van der Waals surface area contributed by atoms with E-state index in [1.54, 1.807) is 0 Å². The second-order valence-corrected chi connectivity index (χ2v) is 6.16. The summed E-state index contributed by atoms with van der Waals surface area (Å²) in [5.74, 6) is 1.50. The molecule has 0 radical (unpaired) electrons. The van der Waals surface area contributed by atoms with Crippen LogP contribution in [0.2, 0.25) is 0 Å². The Kier molecular flexibility index (Phi) is 7.87. The van der Waals surface area contributed by atoms with Gasteiger partial charge < -0.3 is 11.1 Å². The quantitative estimate of drug-likeness (QED) is 0.670. The Balaban J connectivity index is 2.11. The average molecular weight is 240 g/mol. The second-order valence-electron chi connectivity index (χ2n) is 6.16. The van der Waals surface area contributed by atoms with E-state index in [0.29, 0.717) is 5.92 Å². The van der Waals surface area contributed by atoms with Crippen LogP contribution in [0.4, 0.5) is 0 Å². The molecule has 0 amide bonds. The van der Waals surface area contributed by atoms with Gasteiger partial charge in [0.05, 0.1) is 0 Å². The first-order chi connectivity index (χ1) is 8.22. The van der Waals surface area contributed by atoms with Crippen LogP contribution in [0.1, 0.15) is 65.2 Å². The zero-order valence-corrected chi connectivity index (χ0v) is 11.9. The fourth-order valence-corrected chi connectivity index (χ4v) is 2.97. The Bertz CT molecular complexity index is 170. The summed E-state index contributed by atoms with van der Waals surface area (Å²) < 4.78 is 0. The average Bonchev–Trinajstić information content (AvgIpc) is 2.55. The van der Waals surface area contributed by atoms with Gasteiger partial charge in [-0.25, -0.2) is 0 Å². The van der Waals surface area contributed by atoms with Gasteiger partial charge in [0, 0.05) is 6.04 Å². The van der Waals surface area contributed by atoms with Crippen molar-refractivity contribution in [2.45, 2.75) is 71.3 Å². The molecular formula is C15H32N2. The van der Waals surface area contributed by atoms with E-state index in [1.807, 2.05) is 0 Å². The lowest BCUT2D eigenvalue weighted by molar-refractivity contribution is 0.366. The van der Waals surface area contributed by atoms with Crippen molar-refractivity contribution in [2.75, 3.05) is 13.1 Å². The van der Waals surface area contributed by atoms with Gasteiger partial charge in [-0.05, 0) is 50.6 Å². The highest BCUT2D eigenvalue weighted by Gasteiger charge is 2.13. The Hall–Kier alpha value is -0.0800. The SMILES string of the molecule is CC(C)CC(CN)CCNC1CCCCCC1. The van der Waals surface area contributed by atoms with Gasteiger partial charge in [0.2, 0.25) is 0 Å². The standard InChI is InChI=1S/C15H32N2/c1-13(2)11-14(12-16)9-10-17-15-7-5-3-4-6-8-15/h13-15,17H,3-12,16H2,1-2H3. The van der Waals surface area contributed by atoms with Gasteiger partial charge in [-0.15, -0.1) is 0 Å². The van der Waals surface area contributed by atoms with Crippen LogP contribution < -0.4 is 11.1 Å². The third kappa shape index (κ3) is 7.05. The summed E-state index contributed by atoms with van der Waals surface area (Å²) in [4.78, 5) is 0. The van der Waals surface area contributed by atoms with E-state index in [9.17, 15) is 0 Å². The molecule has 1 aliphatic carbocycles. The van der Waals surface area contributed by atoms with Gasteiger partial charge >= 0.3 is 0 Å². The van der Waals surface area contributed by atoms with Crippen molar-refractivity contribution in [2.24, 2.45) is 17.6 Å². The molecule has 0 aliphatic heterocycles. The normalized spacial score (nSPS) is 20.5.